The zero-order valence-electron chi connectivity index (χ0n) is 19.2. The fourth-order valence-electron chi connectivity index (χ4n) is 4.66. The number of nitrogens with zero attached hydrogens (tertiary/aromatic N) is 2. The van der Waals surface area contributed by atoms with E-state index in [-0.39, 0.29) is 0 Å². The maximum Gasteiger partial charge on any atom is 0.243 e. The molecule has 0 amide bonds. The van der Waals surface area contributed by atoms with Crippen molar-refractivity contribution in [2.24, 2.45) is 0 Å². The maximum atomic E-state index is 12.8. The van der Waals surface area contributed by atoms with Crippen LogP contribution in [0.5, 0.6) is 0 Å². The Morgan fingerprint density at radius 1 is 0.515 bits per heavy atom. The number of hydrogen-bond donors (Lipinski definition) is 0. The highest BCUT2D eigenvalue weighted by molar-refractivity contribution is 7.89. The molecule has 0 bridgehead atoms. The van der Waals surface area contributed by atoms with Gasteiger partial charge in [0.1, 0.15) is 0 Å². The minimum absolute atomic E-state index is 0.374. The summed E-state index contributed by atoms with van der Waals surface area (Å²) in [6, 6.07) is 14.5. The maximum absolute atomic E-state index is 12.8. The molecule has 0 aliphatic carbocycles. The van der Waals surface area contributed by atoms with E-state index < -0.39 is 20.0 Å². The molecule has 2 aliphatic heterocycles. The highest BCUT2D eigenvalue weighted by Crippen LogP contribution is 2.23. The van der Waals surface area contributed by atoms with Gasteiger partial charge in [-0.1, -0.05) is 37.1 Å². The van der Waals surface area contributed by atoms with E-state index in [2.05, 4.69) is 0 Å². The minimum Gasteiger partial charge on any atom is -0.207 e. The summed E-state index contributed by atoms with van der Waals surface area (Å²) >= 11 is 0. The third kappa shape index (κ3) is 5.85. The topological polar surface area (TPSA) is 74.8 Å². The van der Waals surface area contributed by atoms with Gasteiger partial charge in [0.15, 0.2) is 0 Å². The van der Waals surface area contributed by atoms with Gasteiger partial charge in [0.2, 0.25) is 20.0 Å². The van der Waals surface area contributed by atoms with E-state index >= 15 is 0 Å². The average Bonchev–Trinajstić information content (AvgIpc) is 2.86. The predicted octanol–water partition coefficient (Wildman–Crippen LogP) is 4.21. The molecular formula is C25H34N2O4S2. The molecule has 0 atom stereocenters. The molecule has 2 heterocycles. The SMILES string of the molecule is O=S(=O)(c1ccc(CCCc2ccc(S(=O)(=O)N3CCCCC3)cc2)cc1)N1CCCCC1. The van der Waals surface area contributed by atoms with Gasteiger partial charge in [-0.3, -0.25) is 0 Å². The normalized spacial score (nSPS) is 18.9. The lowest BCUT2D eigenvalue weighted by Gasteiger charge is -2.26. The van der Waals surface area contributed by atoms with E-state index in [0.29, 0.717) is 36.0 Å². The molecule has 0 saturated carbocycles. The summed E-state index contributed by atoms with van der Waals surface area (Å²) in [6.45, 7) is 2.45. The van der Waals surface area contributed by atoms with Crippen molar-refractivity contribution in [1.29, 1.82) is 0 Å². The van der Waals surface area contributed by atoms with Crippen LogP contribution in [0.25, 0.3) is 0 Å². The summed E-state index contributed by atoms with van der Waals surface area (Å²) < 4.78 is 54.3. The fourth-order valence-corrected chi connectivity index (χ4v) is 7.70. The van der Waals surface area contributed by atoms with Gasteiger partial charge >= 0.3 is 0 Å². The number of piperidine rings is 2. The first-order valence-electron chi connectivity index (χ1n) is 12.1. The second-order valence-corrected chi connectivity index (χ2v) is 12.9. The molecule has 0 unspecified atom stereocenters. The highest BCUT2D eigenvalue weighted by atomic mass is 32.2. The summed E-state index contributed by atoms with van der Waals surface area (Å²) in [5.41, 5.74) is 2.22. The van der Waals surface area contributed by atoms with Crippen LogP contribution in [0.1, 0.15) is 56.1 Å². The van der Waals surface area contributed by atoms with Crippen LogP contribution in [0.4, 0.5) is 0 Å². The molecule has 0 N–H and O–H groups in total. The van der Waals surface area contributed by atoms with Crippen LogP contribution >= 0.6 is 0 Å². The van der Waals surface area contributed by atoms with Crippen LogP contribution in [0.15, 0.2) is 58.3 Å². The molecule has 0 radical (unpaired) electrons. The van der Waals surface area contributed by atoms with Crippen molar-refractivity contribution in [2.45, 2.75) is 67.6 Å². The van der Waals surface area contributed by atoms with E-state index in [1.165, 1.54) is 0 Å². The van der Waals surface area contributed by atoms with E-state index in [1.807, 2.05) is 24.3 Å². The number of sulfonamides is 2. The Hall–Kier alpha value is -1.74. The summed E-state index contributed by atoms with van der Waals surface area (Å²) in [6.07, 6.45) is 8.53. The smallest absolute Gasteiger partial charge is 0.207 e. The summed E-state index contributed by atoms with van der Waals surface area (Å²) in [4.78, 5) is 0.748. The molecule has 2 saturated heterocycles. The zero-order valence-corrected chi connectivity index (χ0v) is 20.8. The van der Waals surface area contributed by atoms with Gasteiger partial charge in [-0.15, -0.1) is 0 Å². The van der Waals surface area contributed by atoms with Crippen LogP contribution < -0.4 is 0 Å². The first-order valence-corrected chi connectivity index (χ1v) is 14.9. The van der Waals surface area contributed by atoms with Crippen LogP contribution in [-0.4, -0.2) is 51.6 Å². The third-order valence-corrected chi connectivity index (χ3v) is 10.5. The van der Waals surface area contributed by atoms with Crippen molar-refractivity contribution in [3.05, 3.63) is 59.7 Å². The monoisotopic (exact) mass is 490 g/mol. The van der Waals surface area contributed by atoms with E-state index in [1.54, 1.807) is 32.9 Å². The second kappa shape index (κ2) is 10.7. The van der Waals surface area contributed by atoms with Gasteiger partial charge in [0.05, 0.1) is 9.79 Å². The van der Waals surface area contributed by atoms with Crippen molar-refractivity contribution in [3.63, 3.8) is 0 Å². The number of rotatable bonds is 8. The first kappa shape index (κ1) is 24.4. The molecule has 8 heteroatoms. The molecule has 33 heavy (non-hydrogen) atoms. The quantitative estimate of drug-likeness (QED) is 0.556. The zero-order chi connectivity index (χ0) is 23.3. The Morgan fingerprint density at radius 3 is 1.18 bits per heavy atom. The molecule has 2 aliphatic rings. The molecule has 4 rings (SSSR count). The molecule has 6 nitrogen and oxygen atoms in total. The van der Waals surface area contributed by atoms with Gasteiger partial charge in [-0.2, -0.15) is 8.61 Å². The van der Waals surface area contributed by atoms with Crippen molar-refractivity contribution < 1.29 is 16.8 Å². The molecule has 0 aromatic heterocycles. The van der Waals surface area contributed by atoms with Crippen LogP contribution in [-0.2, 0) is 32.9 Å². The Kier molecular flexibility index (Phi) is 7.89. The summed E-state index contributed by atoms with van der Waals surface area (Å²) in [5.74, 6) is 0. The summed E-state index contributed by atoms with van der Waals surface area (Å²) in [7, 11) is -6.77. The van der Waals surface area contributed by atoms with E-state index in [0.717, 1.165) is 68.9 Å². The van der Waals surface area contributed by atoms with Gasteiger partial charge in [-0.25, -0.2) is 16.8 Å². The fraction of sp³-hybridized carbons (Fsp3) is 0.520. The van der Waals surface area contributed by atoms with Gasteiger partial charge in [0, 0.05) is 26.2 Å². The minimum atomic E-state index is -3.39. The largest absolute Gasteiger partial charge is 0.243 e. The second-order valence-electron chi connectivity index (χ2n) is 9.07. The van der Waals surface area contributed by atoms with Gasteiger partial charge in [0.25, 0.3) is 0 Å². The Morgan fingerprint density at radius 2 is 0.848 bits per heavy atom. The first-order chi connectivity index (χ1) is 15.9. The van der Waals surface area contributed by atoms with Crippen molar-refractivity contribution in [3.8, 4) is 0 Å². The lowest BCUT2D eigenvalue weighted by atomic mass is 10.0. The Labute approximate surface area is 198 Å². The van der Waals surface area contributed by atoms with Crippen LogP contribution in [0.3, 0.4) is 0 Å². The molecule has 0 spiro atoms. The molecule has 180 valence electrons. The third-order valence-electron chi connectivity index (χ3n) is 6.68. The van der Waals surface area contributed by atoms with Crippen LogP contribution in [0, 0.1) is 0 Å². The van der Waals surface area contributed by atoms with E-state index in [4.69, 9.17) is 0 Å². The highest BCUT2D eigenvalue weighted by Gasteiger charge is 2.26. The molecule has 2 aromatic rings. The average molecular weight is 491 g/mol. The molecule has 2 fully saturated rings. The Balaban J connectivity index is 1.30. The van der Waals surface area contributed by atoms with Crippen LogP contribution in [0.2, 0.25) is 0 Å². The summed E-state index contributed by atoms with van der Waals surface area (Å²) in [5, 5.41) is 0. The number of benzene rings is 2. The van der Waals surface area contributed by atoms with Crippen molar-refractivity contribution in [1.82, 2.24) is 8.61 Å². The number of aryl methyl sites for hydroxylation is 2. The van der Waals surface area contributed by atoms with Gasteiger partial charge < -0.3 is 0 Å². The van der Waals surface area contributed by atoms with Crippen molar-refractivity contribution >= 4 is 20.0 Å². The lowest BCUT2D eigenvalue weighted by molar-refractivity contribution is 0.346. The van der Waals surface area contributed by atoms with Gasteiger partial charge in [-0.05, 0) is 80.3 Å². The van der Waals surface area contributed by atoms with Crippen molar-refractivity contribution in [2.75, 3.05) is 26.2 Å². The molecular weight excluding hydrogens is 456 g/mol. The lowest BCUT2D eigenvalue weighted by Crippen LogP contribution is -2.35. The number of hydrogen-bond acceptors (Lipinski definition) is 4. The molecule has 2 aromatic carbocycles. The van der Waals surface area contributed by atoms with E-state index in [9.17, 15) is 16.8 Å². The standard InChI is InChI=1S/C25H34N2O4S2/c28-32(29,26-18-3-1-4-19-26)24-14-10-22(11-15-24)8-7-9-23-12-16-25(17-13-23)33(30,31)27-20-5-2-6-21-27/h10-17H,1-9,18-21H2. The Bertz CT molecular complexity index is 1020. The predicted molar refractivity (Wildman–Crippen MR) is 130 cm³/mol.